The zero-order valence-electron chi connectivity index (χ0n) is 17.9. The number of rotatable bonds is 5. The fourth-order valence-corrected chi connectivity index (χ4v) is 5.57. The summed E-state index contributed by atoms with van der Waals surface area (Å²) in [5, 5.41) is 0. The minimum Gasteiger partial charge on any atom is -0.496 e. The van der Waals surface area contributed by atoms with Crippen LogP contribution in [0.25, 0.3) is 6.08 Å². The van der Waals surface area contributed by atoms with Crippen molar-refractivity contribution in [3.8, 4) is 5.75 Å². The maximum Gasteiger partial charge on any atom is 0.341 e. The van der Waals surface area contributed by atoms with Gasteiger partial charge in [0.15, 0.2) is 0 Å². The molecule has 0 N–H and O–H groups in total. The quantitative estimate of drug-likeness (QED) is 0.635. The average Bonchev–Trinajstić information content (AvgIpc) is 3.09. The van der Waals surface area contributed by atoms with E-state index >= 15 is 0 Å². The van der Waals surface area contributed by atoms with E-state index in [1.54, 1.807) is 35.2 Å². The Kier molecular flexibility index (Phi) is 6.03. The molecular weight excluding hydrogens is 432 g/mol. The maximum atomic E-state index is 13.0. The fourth-order valence-electron chi connectivity index (χ4n) is 3.99. The Morgan fingerprint density at radius 3 is 2.38 bits per heavy atom. The summed E-state index contributed by atoms with van der Waals surface area (Å²) in [5.74, 6) is -0.468. The Hall–Kier alpha value is -3.17. The van der Waals surface area contributed by atoms with E-state index in [0.29, 0.717) is 49.6 Å². The van der Waals surface area contributed by atoms with Crippen molar-refractivity contribution in [1.29, 1.82) is 0 Å². The van der Waals surface area contributed by atoms with Crippen LogP contribution in [0.3, 0.4) is 0 Å². The number of carbonyl (C=O) groups excluding carboxylic acids is 2. The normalized spacial score (nSPS) is 17.4. The van der Waals surface area contributed by atoms with Crippen molar-refractivity contribution in [3.05, 3.63) is 64.1 Å². The highest BCUT2D eigenvalue weighted by molar-refractivity contribution is 7.96. The Bertz CT molecular complexity index is 1200. The van der Waals surface area contributed by atoms with Gasteiger partial charge in [-0.2, -0.15) is 0 Å². The number of hydrogen-bond donors (Lipinski definition) is 0. The predicted octanol–water partition coefficient (Wildman–Crippen LogP) is 1.95. The van der Waals surface area contributed by atoms with Crippen LogP contribution in [0.5, 0.6) is 5.75 Å². The number of fused-ring (bicyclic) bond motifs is 1. The first kappa shape index (κ1) is 22.0. The third-order valence-corrected chi connectivity index (χ3v) is 7.55. The highest BCUT2D eigenvalue weighted by atomic mass is 32.2. The molecule has 2 aromatic carbocycles. The van der Waals surface area contributed by atoms with Crippen LogP contribution in [0.4, 0.5) is 0 Å². The van der Waals surface area contributed by atoms with Crippen molar-refractivity contribution >= 4 is 27.8 Å². The highest BCUT2D eigenvalue weighted by Crippen LogP contribution is 2.33. The predicted molar refractivity (Wildman–Crippen MR) is 118 cm³/mol. The minimum atomic E-state index is -3.77. The van der Waals surface area contributed by atoms with Crippen LogP contribution in [0.1, 0.15) is 21.5 Å². The lowest BCUT2D eigenvalue weighted by Crippen LogP contribution is -2.49. The van der Waals surface area contributed by atoms with Gasteiger partial charge in [-0.25, -0.2) is 13.2 Å². The Morgan fingerprint density at radius 1 is 1.00 bits per heavy atom. The summed E-state index contributed by atoms with van der Waals surface area (Å²) in [5.41, 5.74) is 1.88. The van der Waals surface area contributed by atoms with Crippen LogP contribution in [0.15, 0.2) is 52.3 Å². The molecule has 0 aromatic heterocycles. The number of esters is 1. The summed E-state index contributed by atoms with van der Waals surface area (Å²) in [6.45, 7) is 2.69. The first-order valence-corrected chi connectivity index (χ1v) is 11.7. The maximum absolute atomic E-state index is 13.0. The third kappa shape index (κ3) is 4.01. The van der Waals surface area contributed by atoms with E-state index in [9.17, 15) is 18.0 Å². The molecule has 1 fully saturated rings. The number of ether oxygens (including phenoxy) is 2. The van der Waals surface area contributed by atoms with E-state index in [1.807, 2.05) is 6.07 Å². The molecule has 1 amide bonds. The molecule has 0 bridgehead atoms. The Labute approximate surface area is 186 Å². The molecule has 0 aliphatic carbocycles. The SMILES string of the molecule is COC(=O)c1ccc(CN2CCN(C(=O)C3=Cc4ccccc4S3(=O)=O)CC2)cc1OC. The van der Waals surface area contributed by atoms with Crippen molar-refractivity contribution in [2.24, 2.45) is 0 Å². The van der Waals surface area contributed by atoms with E-state index in [0.717, 1.165) is 5.56 Å². The van der Waals surface area contributed by atoms with Crippen molar-refractivity contribution in [2.45, 2.75) is 11.4 Å². The molecule has 168 valence electrons. The van der Waals surface area contributed by atoms with Gasteiger partial charge in [-0.3, -0.25) is 9.69 Å². The van der Waals surface area contributed by atoms with Gasteiger partial charge in [0.1, 0.15) is 16.2 Å². The van der Waals surface area contributed by atoms with Crippen LogP contribution in [-0.4, -0.2) is 70.5 Å². The molecule has 2 aliphatic rings. The van der Waals surface area contributed by atoms with Crippen molar-refractivity contribution in [1.82, 2.24) is 9.80 Å². The molecule has 0 saturated carbocycles. The number of nitrogens with zero attached hydrogens (tertiary/aromatic N) is 2. The van der Waals surface area contributed by atoms with Crippen molar-refractivity contribution in [2.75, 3.05) is 40.4 Å². The van der Waals surface area contributed by atoms with Gasteiger partial charge in [-0.05, 0) is 35.4 Å². The number of sulfone groups is 1. The molecule has 0 spiro atoms. The van der Waals surface area contributed by atoms with E-state index in [4.69, 9.17) is 9.47 Å². The Balaban J connectivity index is 1.40. The summed E-state index contributed by atoms with van der Waals surface area (Å²) < 4.78 is 35.6. The lowest BCUT2D eigenvalue weighted by molar-refractivity contribution is -0.128. The van der Waals surface area contributed by atoms with E-state index in [1.165, 1.54) is 26.4 Å². The first-order valence-electron chi connectivity index (χ1n) is 10.2. The molecule has 32 heavy (non-hydrogen) atoms. The summed E-state index contributed by atoms with van der Waals surface area (Å²) >= 11 is 0. The second-order valence-electron chi connectivity index (χ2n) is 7.64. The third-order valence-electron chi connectivity index (χ3n) is 5.73. The number of benzene rings is 2. The number of piperazine rings is 1. The zero-order valence-corrected chi connectivity index (χ0v) is 18.7. The second kappa shape index (κ2) is 8.76. The van der Waals surface area contributed by atoms with Crippen LogP contribution in [-0.2, 0) is 25.9 Å². The van der Waals surface area contributed by atoms with Crippen LogP contribution in [0.2, 0.25) is 0 Å². The second-order valence-corrected chi connectivity index (χ2v) is 9.53. The largest absolute Gasteiger partial charge is 0.496 e. The van der Waals surface area contributed by atoms with Crippen LogP contribution in [0, 0.1) is 0 Å². The molecule has 8 nitrogen and oxygen atoms in total. The molecule has 0 radical (unpaired) electrons. The molecule has 4 rings (SSSR count). The summed E-state index contributed by atoms with van der Waals surface area (Å²) in [6, 6.07) is 12.0. The lowest BCUT2D eigenvalue weighted by atomic mass is 10.1. The van der Waals surface area contributed by atoms with Gasteiger partial charge >= 0.3 is 5.97 Å². The van der Waals surface area contributed by atoms with Gasteiger partial charge in [-0.1, -0.05) is 24.3 Å². The monoisotopic (exact) mass is 456 g/mol. The number of carbonyl (C=O) groups is 2. The van der Waals surface area contributed by atoms with Crippen LogP contribution >= 0.6 is 0 Å². The standard InChI is InChI=1S/C23H24N2O6S/c1-30-19-13-16(7-8-18(19)23(27)31-2)15-24-9-11-25(12-10-24)22(26)21-14-17-5-3-4-6-20(17)32(21,28)29/h3-8,13-14H,9-12,15H2,1-2H3. The zero-order chi connectivity index (χ0) is 22.9. The van der Waals surface area contributed by atoms with Gasteiger partial charge < -0.3 is 14.4 Å². The van der Waals surface area contributed by atoms with Gasteiger partial charge in [0, 0.05) is 32.7 Å². The van der Waals surface area contributed by atoms with E-state index in [2.05, 4.69) is 4.90 Å². The van der Waals surface area contributed by atoms with Gasteiger partial charge in [0.05, 0.1) is 19.1 Å². The molecule has 0 atom stereocenters. The average molecular weight is 457 g/mol. The van der Waals surface area contributed by atoms with E-state index in [-0.39, 0.29) is 9.80 Å². The number of amides is 1. The first-order chi connectivity index (χ1) is 15.3. The minimum absolute atomic E-state index is 0.157. The van der Waals surface area contributed by atoms with Crippen molar-refractivity contribution in [3.63, 3.8) is 0 Å². The summed E-state index contributed by atoms with van der Waals surface area (Å²) in [4.78, 5) is 28.6. The molecule has 9 heteroatoms. The highest BCUT2D eigenvalue weighted by Gasteiger charge is 2.37. The molecule has 1 saturated heterocycles. The number of hydrogen-bond acceptors (Lipinski definition) is 7. The van der Waals surface area contributed by atoms with Gasteiger partial charge in [0.25, 0.3) is 5.91 Å². The van der Waals surface area contributed by atoms with Gasteiger partial charge in [0.2, 0.25) is 9.84 Å². The lowest BCUT2D eigenvalue weighted by Gasteiger charge is -2.34. The van der Waals surface area contributed by atoms with Crippen LogP contribution < -0.4 is 4.74 Å². The Morgan fingerprint density at radius 2 is 1.72 bits per heavy atom. The molecule has 2 aliphatic heterocycles. The summed E-state index contributed by atoms with van der Waals surface area (Å²) in [6.07, 6.45) is 1.47. The van der Waals surface area contributed by atoms with Gasteiger partial charge in [-0.15, -0.1) is 0 Å². The molecular formula is C23H24N2O6S. The fraction of sp³-hybridized carbons (Fsp3) is 0.304. The van der Waals surface area contributed by atoms with Crippen molar-refractivity contribution < 1.29 is 27.5 Å². The number of methoxy groups -OCH3 is 2. The molecule has 2 heterocycles. The molecule has 2 aromatic rings. The summed E-state index contributed by atoms with van der Waals surface area (Å²) in [7, 11) is -0.952. The smallest absolute Gasteiger partial charge is 0.341 e. The van der Waals surface area contributed by atoms with E-state index < -0.39 is 21.7 Å². The molecule has 0 unspecified atom stereocenters. The topological polar surface area (TPSA) is 93.2 Å².